The van der Waals surface area contributed by atoms with Crippen molar-refractivity contribution in [1.29, 1.82) is 0 Å². The van der Waals surface area contributed by atoms with Crippen molar-refractivity contribution in [1.82, 2.24) is 14.7 Å². The first-order valence-corrected chi connectivity index (χ1v) is 9.09. The molecule has 0 radical (unpaired) electrons. The zero-order valence-corrected chi connectivity index (χ0v) is 14.8. The maximum absolute atomic E-state index is 12.7. The second-order valence-electron chi connectivity index (χ2n) is 7.04. The van der Waals surface area contributed by atoms with Crippen molar-refractivity contribution in [2.45, 2.75) is 19.5 Å². The van der Waals surface area contributed by atoms with Crippen LogP contribution in [-0.4, -0.2) is 59.4 Å². The van der Waals surface area contributed by atoms with Gasteiger partial charge >= 0.3 is 0 Å². The first-order chi connectivity index (χ1) is 12.2. The van der Waals surface area contributed by atoms with Crippen LogP contribution >= 0.6 is 0 Å². The maximum atomic E-state index is 12.7. The van der Waals surface area contributed by atoms with Crippen molar-refractivity contribution in [3.63, 3.8) is 0 Å². The molecular formula is C21H25N3O. The van der Waals surface area contributed by atoms with Gasteiger partial charge in [0.05, 0.1) is 6.54 Å². The van der Waals surface area contributed by atoms with Crippen LogP contribution in [0.5, 0.6) is 0 Å². The zero-order valence-electron chi connectivity index (χ0n) is 14.8. The molecule has 0 N–H and O–H groups in total. The van der Waals surface area contributed by atoms with Gasteiger partial charge in [-0.2, -0.15) is 0 Å². The molecule has 25 heavy (non-hydrogen) atoms. The molecule has 2 saturated heterocycles. The Labute approximate surface area is 149 Å². The summed E-state index contributed by atoms with van der Waals surface area (Å²) in [6.45, 7) is 11.2. The van der Waals surface area contributed by atoms with Crippen molar-refractivity contribution in [2.75, 3.05) is 32.7 Å². The average molecular weight is 335 g/mol. The van der Waals surface area contributed by atoms with Crippen molar-refractivity contribution in [2.24, 2.45) is 0 Å². The van der Waals surface area contributed by atoms with Gasteiger partial charge in [0.25, 0.3) is 0 Å². The van der Waals surface area contributed by atoms with E-state index < -0.39 is 0 Å². The summed E-state index contributed by atoms with van der Waals surface area (Å²) in [6, 6.07) is 15.0. The number of amides is 1. The molecule has 4 heteroatoms. The Bertz CT molecular complexity index is 816. The number of carbonyl (C=O) groups excluding carboxylic acids is 1. The summed E-state index contributed by atoms with van der Waals surface area (Å²) in [5.74, 6) is 0.248. The van der Waals surface area contributed by atoms with Crippen molar-refractivity contribution >= 4 is 16.7 Å². The lowest BCUT2D eigenvalue weighted by Gasteiger charge is -2.48. The Morgan fingerprint density at radius 1 is 1.12 bits per heavy atom. The van der Waals surface area contributed by atoms with Crippen molar-refractivity contribution in [3.8, 4) is 0 Å². The molecule has 0 aliphatic carbocycles. The Hall–Kier alpha value is -2.33. The van der Waals surface area contributed by atoms with Crippen LogP contribution < -0.4 is 0 Å². The van der Waals surface area contributed by atoms with E-state index in [1.165, 1.54) is 16.3 Å². The molecule has 1 atom stereocenters. The fourth-order valence-electron chi connectivity index (χ4n) is 4.04. The van der Waals surface area contributed by atoms with Crippen LogP contribution in [0.2, 0.25) is 0 Å². The highest BCUT2D eigenvalue weighted by Gasteiger charge is 2.39. The summed E-state index contributed by atoms with van der Waals surface area (Å²) in [4.78, 5) is 19.3. The molecule has 2 heterocycles. The number of carbonyl (C=O) groups is 1. The maximum Gasteiger partial charge on any atom is 0.246 e. The minimum atomic E-state index is -0.0737. The standard InChI is InChI=1S/C21H25N3O/c1-3-23-13-16(2)24-11-10-22(15-20(24)21(23)25)14-17-8-9-18-6-4-5-7-19(18)12-17/h4-9,12,20H,2-3,10-11,13-15H2,1H3. The summed E-state index contributed by atoms with van der Waals surface area (Å²) < 4.78 is 0. The SMILES string of the molecule is C=C1CN(CC)C(=O)C2CN(Cc3ccc4ccccc4c3)CCN12. The van der Waals surface area contributed by atoms with Crippen LogP contribution in [0.25, 0.3) is 10.8 Å². The first-order valence-electron chi connectivity index (χ1n) is 9.09. The predicted molar refractivity (Wildman–Crippen MR) is 101 cm³/mol. The third kappa shape index (κ3) is 3.02. The lowest BCUT2D eigenvalue weighted by molar-refractivity contribution is -0.142. The van der Waals surface area contributed by atoms with Crippen LogP contribution in [0.4, 0.5) is 0 Å². The summed E-state index contributed by atoms with van der Waals surface area (Å²) in [7, 11) is 0. The van der Waals surface area contributed by atoms with Gasteiger partial charge in [0, 0.05) is 38.4 Å². The minimum Gasteiger partial charge on any atom is -0.360 e. The van der Waals surface area contributed by atoms with E-state index >= 15 is 0 Å². The molecule has 1 amide bonds. The van der Waals surface area contributed by atoms with Gasteiger partial charge in [-0.3, -0.25) is 9.69 Å². The molecule has 2 aromatic rings. The molecule has 2 aliphatic rings. The minimum absolute atomic E-state index is 0.0737. The van der Waals surface area contributed by atoms with Gasteiger partial charge in [0.1, 0.15) is 6.04 Å². The quantitative estimate of drug-likeness (QED) is 0.863. The molecule has 0 bridgehead atoms. The lowest BCUT2D eigenvalue weighted by Crippen LogP contribution is -2.63. The van der Waals surface area contributed by atoms with E-state index in [0.717, 1.165) is 38.4 Å². The monoisotopic (exact) mass is 335 g/mol. The van der Waals surface area contributed by atoms with E-state index in [-0.39, 0.29) is 11.9 Å². The fraction of sp³-hybridized carbons (Fsp3) is 0.381. The van der Waals surface area contributed by atoms with E-state index in [1.807, 2.05) is 11.8 Å². The highest BCUT2D eigenvalue weighted by Crippen LogP contribution is 2.24. The molecule has 4 nitrogen and oxygen atoms in total. The van der Waals surface area contributed by atoms with E-state index in [4.69, 9.17) is 0 Å². The van der Waals surface area contributed by atoms with Gasteiger partial charge in [-0.05, 0) is 29.3 Å². The van der Waals surface area contributed by atoms with Gasteiger partial charge in [-0.25, -0.2) is 0 Å². The average Bonchev–Trinajstić information content (AvgIpc) is 2.64. The molecule has 0 spiro atoms. The van der Waals surface area contributed by atoms with Gasteiger partial charge in [-0.1, -0.05) is 43.0 Å². The second kappa shape index (κ2) is 6.52. The molecule has 2 aromatic carbocycles. The molecule has 2 aliphatic heterocycles. The van der Waals surface area contributed by atoms with Crippen LogP contribution in [0, 0.1) is 0 Å². The number of piperazine rings is 2. The summed E-state index contributed by atoms with van der Waals surface area (Å²) in [6.07, 6.45) is 0. The van der Waals surface area contributed by atoms with Gasteiger partial charge in [0.2, 0.25) is 5.91 Å². The molecule has 0 aromatic heterocycles. The Morgan fingerprint density at radius 2 is 1.92 bits per heavy atom. The van der Waals surface area contributed by atoms with Gasteiger partial charge in [0.15, 0.2) is 0 Å². The Balaban J connectivity index is 1.50. The molecule has 0 saturated carbocycles. The number of nitrogens with zero attached hydrogens (tertiary/aromatic N) is 3. The molecule has 130 valence electrons. The number of rotatable bonds is 3. The normalized spacial score (nSPS) is 21.7. The predicted octanol–water partition coefficient (Wildman–Crippen LogP) is 2.70. The van der Waals surface area contributed by atoms with Crippen LogP contribution in [0.15, 0.2) is 54.7 Å². The summed E-state index contributed by atoms with van der Waals surface area (Å²) in [5, 5.41) is 2.55. The number of hydrogen-bond acceptors (Lipinski definition) is 3. The smallest absolute Gasteiger partial charge is 0.246 e. The van der Waals surface area contributed by atoms with Gasteiger partial charge < -0.3 is 9.80 Å². The van der Waals surface area contributed by atoms with E-state index in [1.54, 1.807) is 0 Å². The number of benzene rings is 2. The first kappa shape index (κ1) is 16.2. The second-order valence-corrected chi connectivity index (χ2v) is 7.04. The van der Waals surface area contributed by atoms with Gasteiger partial charge in [-0.15, -0.1) is 0 Å². The summed E-state index contributed by atoms with van der Waals surface area (Å²) >= 11 is 0. The number of likely N-dealkylation sites (N-methyl/N-ethyl adjacent to an activating group) is 1. The number of fused-ring (bicyclic) bond motifs is 2. The van der Waals surface area contributed by atoms with Crippen LogP contribution in [-0.2, 0) is 11.3 Å². The third-order valence-corrected chi connectivity index (χ3v) is 5.44. The van der Waals surface area contributed by atoms with Crippen molar-refractivity contribution < 1.29 is 4.79 Å². The molecule has 2 fully saturated rings. The Kier molecular flexibility index (Phi) is 4.22. The van der Waals surface area contributed by atoms with Crippen molar-refractivity contribution in [3.05, 3.63) is 60.3 Å². The van der Waals surface area contributed by atoms with Crippen LogP contribution in [0.3, 0.4) is 0 Å². The number of hydrogen-bond donors (Lipinski definition) is 0. The molecular weight excluding hydrogens is 310 g/mol. The zero-order chi connectivity index (χ0) is 17.4. The third-order valence-electron chi connectivity index (χ3n) is 5.44. The summed E-state index contributed by atoms with van der Waals surface area (Å²) in [5.41, 5.74) is 2.39. The fourth-order valence-corrected chi connectivity index (χ4v) is 4.04. The van der Waals surface area contributed by atoms with Crippen LogP contribution in [0.1, 0.15) is 12.5 Å². The lowest BCUT2D eigenvalue weighted by atomic mass is 10.0. The highest BCUT2D eigenvalue weighted by molar-refractivity contribution is 5.84. The Morgan fingerprint density at radius 3 is 2.72 bits per heavy atom. The van der Waals surface area contributed by atoms with E-state index in [2.05, 4.69) is 58.8 Å². The van der Waals surface area contributed by atoms with E-state index in [9.17, 15) is 4.79 Å². The largest absolute Gasteiger partial charge is 0.360 e. The molecule has 4 rings (SSSR count). The molecule has 1 unspecified atom stereocenters. The topological polar surface area (TPSA) is 26.8 Å². The highest BCUT2D eigenvalue weighted by atomic mass is 16.2. The van der Waals surface area contributed by atoms with E-state index in [0.29, 0.717) is 6.54 Å².